The Balaban J connectivity index is 2.86. The maximum absolute atomic E-state index is 11.8. The first-order valence-electron chi connectivity index (χ1n) is 5.80. The highest BCUT2D eigenvalue weighted by Gasteiger charge is 2.25. The number of nitrogens with zero attached hydrogens (tertiary/aromatic N) is 1. The molecule has 0 unspecified atom stereocenters. The normalized spacial score (nSPS) is 11.6. The average Bonchev–Trinajstić information content (AvgIpc) is 2.36. The third-order valence-electron chi connectivity index (χ3n) is 2.39. The predicted octanol–water partition coefficient (Wildman–Crippen LogP) is 1.69. The van der Waals surface area contributed by atoms with Gasteiger partial charge in [-0.05, 0) is 12.1 Å². The van der Waals surface area contributed by atoms with Crippen LogP contribution >= 0.6 is 0 Å². The van der Waals surface area contributed by atoms with Crippen molar-refractivity contribution >= 4 is 21.2 Å². The number of anilines is 1. The van der Waals surface area contributed by atoms with E-state index in [-0.39, 0.29) is 18.8 Å². The summed E-state index contributed by atoms with van der Waals surface area (Å²) in [5.41, 5.74) is -0.586. The average molecular weight is 324 g/mol. The minimum Gasteiger partial charge on any atom is -0.377 e. The number of hydrogen-bond acceptors (Lipinski definition) is 6. The van der Waals surface area contributed by atoms with Crippen molar-refractivity contribution < 1.29 is 26.9 Å². The quantitative estimate of drug-likeness (QED) is 0.444. The molecule has 1 aromatic carbocycles. The molecule has 0 aliphatic carbocycles. The Morgan fingerprint density at radius 2 is 2.10 bits per heavy atom. The Hall–Kier alpha value is -1.81. The first-order valence-corrected chi connectivity index (χ1v) is 7.70. The standard InChI is InChI=1S/C11H14F2N2O5S/c1-21(18,19)9-4-2-3-8(11(9)15(16)17)14-5-6-20-7-10(12)13/h2-4,10,14H,5-7H2,1H3. The van der Waals surface area contributed by atoms with Crippen LogP contribution in [0, 0.1) is 10.1 Å². The Bertz CT molecular complexity index is 607. The van der Waals surface area contributed by atoms with Gasteiger partial charge in [0.05, 0.1) is 11.5 Å². The summed E-state index contributed by atoms with van der Waals surface area (Å²) in [4.78, 5) is 9.82. The van der Waals surface area contributed by atoms with Crippen LogP contribution in [0.4, 0.5) is 20.2 Å². The van der Waals surface area contributed by atoms with Crippen LogP contribution in [0.3, 0.4) is 0 Å². The van der Waals surface area contributed by atoms with Crippen molar-refractivity contribution in [2.75, 3.05) is 31.3 Å². The molecule has 10 heteroatoms. The number of ether oxygens (including phenoxy) is 1. The van der Waals surface area contributed by atoms with Crippen molar-refractivity contribution in [1.29, 1.82) is 0 Å². The summed E-state index contributed by atoms with van der Waals surface area (Å²) in [5.74, 6) is 0. The second kappa shape index (κ2) is 7.27. The van der Waals surface area contributed by atoms with Crippen LogP contribution in [0.15, 0.2) is 23.1 Å². The molecular weight excluding hydrogens is 310 g/mol. The molecule has 0 aliphatic rings. The van der Waals surface area contributed by atoms with Crippen molar-refractivity contribution in [3.05, 3.63) is 28.3 Å². The lowest BCUT2D eigenvalue weighted by Gasteiger charge is -2.09. The summed E-state index contributed by atoms with van der Waals surface area (Å²) in [7, 11) is -3.76. The molecule has 1 aromatic rings. The van der Waals surface area contributed by atoms with Crippen molar-refractivity contribution in [3.63, 3.8) is 0 Å². The molecule has 21 heavy (non-hydrogen) atoms. The minimum absolute atomic E-state index is 0.0106. The number of nitro groups is 1. The van der Waals surface area contributed by atoms with E-state index >= 15 is 0 Å². The fourth-order valence-corrected chi connectivity index (χ4v) is 2.44. The molecule has 7 nitrogen and oxygen atoms in total. The van der Waals surface area contributed by atoms with Gasteiger partial charge in [0, 0.05) is 12.8 Å². The van der Waals surface area contributed by atoms with Crippen molar-refractivity contribution in [3.8, 4) is 0 Å². The zero-order valence-corrected chi connectivity index (χ0v) is 11.9. The maximum atomic E-state index is 11.8. The number of nitrogens with one attached hydrogen (secondary N) is 1. The maximum Gasteiger partial charge on any atom is 0.310 e. The second-order valence-corrected chi connectivity index (χ2v) is 6.06. The van der Waals surface area contributed by atoms with Gasteiger partial charge in [-0.2, -0.15) is 0 Å². The smallest absolute Gasteiger partial charge is 0.310 e. The van der Waals surface area contributed by atoms with Crippen molar-refractivity contribution in [2.45, 2.75) is 11.3 Å². The lowest BCUT2D eigenvalue weighted by atomic mass is 10.2. The van der Waals surface area contributed by atoms with Gasteiger partial charge < -0.3 is 10.1 Å². The van der Waals surface area contributed by atoms with Crippen LogP contribution in [0.2, 0.25) is 0 Å². The van der Waals surface area contributed by atoms with Gasteiger partial charge >= 0.3 is 5.69 Å². The SMILES string of the molecule is CS(=O)(=O)c1cccc(NCCOCC(F)F)c1[N+](=O)[O-]. The Kier molecular flexibility index (Phi) is 5.97. The Morgan fingerprint density at radius 1 is 1.43 bits per heavy atom. The van der Waals surface area contributed by atoms with Crippen LogP contribution in [0.5, 0.6) is 0 Å². The minimum atomic E-state index is -3.76. The number of rotatable bonds is 8. The molecule has 118 valence electrons. The highest BCUT2D eigenvalue weighted by molar-refractivity contribution is 7.90. The van der Waals surface area contributed by atoms with Crippen LogP contribution < -0.4 is 5.32 Å². The molecule has 0 aromatic heterocycles. The number of benzene rings is 1. The summed E-state index contributed by atoms with van der Waals surface area (Å²) >= 11 is 0. The van der Waals surface area contributed by atoms with Gasteiger partial charge in [-0.25, -0.2) is 17.2 Å². The first-order chi connectivity index (χ1) is 9.73. The number of sulfone groups is 1. The van der Waals surface area contributed by atoms with E-state index < -0.39 is 38.4 Å². The molecule has 0 amide bonds. The number of alkyl halides is 2. The lowest BCUT2D eigenvalue weighted by Crippen LogP contribution is -2.14. The number of hydrogen-bond donors (Lipinski definition) is 1. The van der Waals surface area contributed by atoms with Crippen LogP contribution in [-0.2, 0) is 14.6 Å². The van der Waals surface area contributed by atoms with Crippen molar-refractivity contribution in [1.82, 2.24) is 0 Å². The number of nitro benzene ring substituents is 1. The van der Waals surface area contributed by atoms with Gasteiger partial charge in [-0.1, -0.05) is 6.07 Å². The van der Waals surface area contributed by atoms with Crippen molar-refractivity contribution in [2.24, 2.45) is 0 Å². The Labute approximate surface area is 120 Å². The molecule has 0 bridgehead atoms. The van der Waals surface area contributed by atoms with Gasteiger partial charge in [0.15, 0.2) is 9.84 Å². The van der Waals surface area contributed by atoms with Gasteiger partial charge in [0.1, 0.15) is 17.2 Å². The van der Waals surface area contributed by atoms with E-state index in [2.05, 4.69) is 10.1 Å². The van der Waals surface area contributed by atoms with E-state index in [1.807, 2.05) is 0 Å². The third kappa shape index (κ3) is 5.23. The highest BCUT2D eigenvalue weighted by Crippen LogP contribution is 2.31. The molecule has 0 aliphatic heterocycles. The zero-order valence-electron chi connectivity index (χ0n) is 11.1. The lowest BCUT2D eigenvalue weighted by molar-refractivity contribution is -0.386. The molecule has 0 radical (unpaired) electrons. The van der Waals surface area contributed by atoms with Crippen LogP contribution in [0.25, 0.3) is 0 Å². The van der Waals surface area contributed by atoms with Gasteiger partial charge in [-0.15, -0.1) is 0 Å². The summed E-state index contributed by atoms with van der Waals surface area (Å²) in [6.45, 7) is -0.793. The van der Waals surface area contributed by atoms with E-state index in [0.717, 1.165) is 12.3 Å². The second-order valence-electron chi connectivity index (χ2n) is 4.07. The molecule has 0 saturated heterocycles. The zero-order chi connectivity index (χ0) is 16.0. The van der Waals surface area contributed by atoms with E-state index in [1.165, 1.54) is 12.1 Å². The van der Waals surface area contributed by atoms with Gasteiger partial charge in [0.25, 0.3) is 6.43 Å². The molecule has 0 saturated carbocycles. The molecule has 0 atom stereocenters. The molecule has 0 fully saturated rings. The fraction of sp³-hybridized carbons (Fsp3) is 0.455. The van der Waals surface area contributed by atoms with E-state index in [1.54, 1.807) is 0 Å². The van der Waals surface area contributed by atoms with E-state index in [9.17, 15) is 27.3 Å². The third-order valence-corrected chi connectivity index (χ3v) is 3.52. The van der Waals surface area contributed by atoms with E-state index in [0.29, 0.717) is 0 Å². The first kappa shape index (κ1) is 17.2. The molecule has 0 spiro atoms. The Morgan fingerprint density at radius 3 is 2.62 bits per heavy atom. The number of halogens is 2. The molecule has 1 N–H and O–H groups in total. The monoisotopic (exact) mass is 324 g/mol. The summed E-state index contributed by atoms with van der Waals surface area (Å²) in [5, 5.41) is 13.6. The van der Waals surface area contributed by atoms with Crippen LogP contribution in [-0.4, -0.2) is 45.8 Å². The predicted molar refractivity (Wildman–Crippen MR) is 71.5 cm³/mol. The van der Waals surface area contributed by atoms with Gasteiger partial charge in [-0.3, -0.25) is 10.1 Å². The highest BCUT2D eigenvalue weighted by atomic mass is 32.2. The largest absolute Gasteiger partial charge is 0.377 e. The molecule has 0 heterocycles. The molecule has 1 rings (SSSR count). The van der Waals surface area contributed by atoms with Gasteiger partial charge in [0.2, 0.25) is 0 Å². The van der Waals surface area contributed by atoms with E-state index in [4.69, 9.17) is 0 Å². The summed E-state index contributed by atoms with van der Waals surface area (Å²) < 4.78 is 51.3. The number of para-hydroxylation sites is 1. The topological polar surface area (TPSA) is 98.5 Å². The summed E-state index contributed by atoms with van der Waals surface area (Å²) in [6, 6.07) is 3.82. The van der Waals surface area contributed by atoms with Crippen LogP contribution in [0.1, 0.15) is 0 Å². The fourth-order valence-electron chi connectivity index (χ4n) is 1.58. The molecular formula is C11H14F2N2O5S. The summed E-state index contributed by atoms with van der Waals surface area (Å²) in [6.07, 6.45) is -1.72.